The van der Waals surface area contributed by atoms with Crippen molar-refractivity contribution in [3.05, 3.63) is 34.8 Å². The topological polar surface area (TPSA) is 96.9 Å². The predicted molar refractivity (Wildman–Crippen MR) is 68.1 cm³/mol. The van der Waals surface area contributed by atoms with Gasteiger partial charge in [0, 0.05) is 18.7 Å². The zero-order valence-corrected chi connectivity index (χ0v) is 9.71. The number of hydrogen-bond donors (Lipinski definition) is 3. The van der Waals surface area contributed by atoms with Gasteiger partial charge in [-0.2, -0.15) is 4.98 Å². The SMILES string of the molecule is Nc1nc2c(ccn2C2C=CC(CO)C2)c(=O)[nH]1. The molecule has 0 amide bonds. The third-order valence-electron chi connectivity index (χ3n) is 3.34. The van der Waals surface area contributed by atoms with E-state index in [1.54, 1.807) is 6.07 Å². The van der Waals surface area contributed by atoms with Gasteiger partial charge in [-0.1, -0.05) is 12.2 Å². The molecule has 0 saturated carbocycles. The molecule has 3 rings (SSSR count). The number of aliphatic hydroxyl groups is 1. The van der Waals surface area contributed by atoms with Crippen molar-refractivity contribution in [1.82, 2.24) is 14.5 Å². The predicted octanol–water partition coefficient (Wildman–Crippen LogP) is 0.416. The van der Waals surface area contributed by atoms with Crippen molar-refractivity contribution >= 4 is 17.0 Å². The van der Waals surface area contributed by atoms with Crippen LogP contribution in [-0.4, -0.2) is 26.2 Å². The zero-order valence-electron chi connectivity index (χ0n) is 9.71. The normalized spacial score (nSPS) is 22.9. The minimum Gasteiger partial charge on any atom is -0.396 e. The minimum absolute atomic E-state index is 0.119. The number of nitrogens with one attached hydrogen (secondary N) is 1. The van der Waals surface area contributed by atoms with Gasteiger partial charge in [0.25, 0.3) is 5.56 Å². The number of aromatic amines is 1. The quantitative estimate of drug-likeness (QED) is 0.669. The van der Waals surface area contributed by atoms with Gasteiger partial charge in [0.2, 0.25) is 5.95 Å². The van der Waals surface area contributed by atoms with Crippen LogP contribution in [0.25, 0.3) is 11.0 Å². The second-order valence-corrected chi connectivity index (χ2v) is 4.54. The fourth-order valence-electron chi connectivity index (χ4n) is 2.42. The molecule has 6 heteroatoms. The lowest BCUT2D eigenvalue weighted by Gasteiger charge is -2.13. The van der Waals surface area contributed by atoms with E-state index in [4.69, 9.17) is 10.8 Å². The van der Waals surface area contributed by atoms with E-state index in [9.17, 15) is 4.79 Å². The number of aromatic nitrogens is 3. The average Bonchev–Trinajstić information content (AvgIpc) is 2.93. The van der Waals surface area contributed by atoms with Gasteiger partial charge in [-0.3, -0.25) is 9.78 Å². The molecule has 1 aliphatic carbocycles. The highest BCUT2D eigenvalue weighted by Gasteiger charge is 2.21. The van der Waals surface area contributed by atoms with Crippen LogP contribution in [0, 0.1) is 5.92 Å². The van der Waals surface area contributed by atoms with Crippen molar-refractivity contribution < 1.29 is 5.11 Å². The van der Waals surface area contributed by atoms with E-state index in [0.717, 1.165) is 6.42 Å². The first-order valence-corrected chi connectivity index (χ1v) is 5.84. The second-order valence-electron chi connectivity index (χ2n) is 4.54. The first kappa shape index (κ1) is 11.0. The fourth-order valence-corrected chi connectivity index (χ4v) is 2.42. The largest absolute Gasteiger partial charge is 0.396 e. The van der Waals surface area contributed by atoms with E-state index in [1.165, 1.54) is 0 Å². The molecule has 2 aromatic heterocycles. The van der Waals surface area contributed by atoms with Crippen LogP contribution < -0.4 is 11.3 Å². The Bertz CT molecular complexity index is 670. The van der Waals surface area contributed by atoms with Crippen molar-refractivity contribution in [2.75, 3.05) is 12.3 Å². The smallest absolute Gasteiger partial charge is 0.261 e. The number of nitrogen functional groups attached to an aromatic ring is 1. The van der Waals surface area contributed by atoms with Crippen molar-refractivity contribution in [1.29, 1.82) is 0 Å². The summed E-state index contributed by atoms with van der Waals surface area (Å²) in [6, 6.07) is 1.86. The Morgan fingerprint density at radius 1 is 1.56 bits per heavy atom. The summed E-state index contributed by atoms with van der Waals surface area (Å²) in [5, 5.41) is 9.66. The third-order valence-corrected chi connectivity index (χ3v) is 3.34. The first-order valence-electron chi connectivity index (χ1n) is 5.84. The van der Waals surface area contributed by atoms with E-state index in [1.807, 2.05) is 22.9 Å². The molecule has 2 heterocycles. The molecule has 94 valence electrons. The summed E-state index contributed by atoms with van der Waals surface area (Å²) < 4.78 is 1.92. The van der Waals surface area contributed by atoms with Gasteiger partial charge in [0.1, 0.15) is 5.65 Å². The second kappa shape index (κ2) is 3.99. The van der Waals surface area contributed by atoms with Gasteiger partial charge >= 0.3 is 0 Å². The maximum atomic E-state index is 11.7. The van der Waals surface area contributed by atoms with Gasteiger partial charge < -0.3 is 15.4 Å². The summed E-state index contributed by atoms with van der Waals surface area (Å²) in [6.07, 6.45) is 6.67. The molecule has 2 atom stereocenters. The lowest BCUT2D eigenvalue weighted by molar-refractivity contribution is 0.244. The molecule has 2 unspecified atom stereocenters. The van der Waals surface area contributed by atoms with Crippen LogP contribution in [0.4, 0.5) is 5.95 Å². The molecule has 0 bridgehead atoms. The molecule has 1 aliphatic rings. The van der Waals surface area contributed by atoms with Crippen molar-refractivity contribution in [3.63, 3.8) is 0 Å². The monoisotopic (exact) mass is 246 g/mol. The molecular weight excluding hydrogens is 232 g/mol. The Morgan fingerprint density at radius 2 is 2.39 bits per heavy atom. The third kappa shape index (κ3) is 1.62. The van der Waals surface area contributed by atoms with Gasteiger partial charge in [0.05, 0.1) is 11.4 Å². The number of fused-ring (bicyclic) bond motifs is 1. The number of H-pyrrole nitrogens is 1. The number of nitrogens with zero attached hydrogens (tertiary/aromatic N) is 2. The van der Waals surface area contributed by atoms with Gasteiger partial charge in [-0.05, 0) is 12.5 Å². The Labute approximate surface area is 103 Å². The Balaban J connectivity index is 2.09. The summed E-state index contributed by atoms with van der Waals surface area (Å²) in [5.41, 5.74) is 5.93. The van der Waals surface area contributed by atoms with Crippen LogP contribution in [0.1, 0.15) is 12.5 Å². The van der Waals surface area contributed by atoms with Crippen LogP contribution in [0.15, 0.2) is 29.2 Å². The van der Waals surface area contributed by atoms with E-state index in [-0.39, 0.29) is 30.1 Å². The zero-order chi connectivity index (χ0) is 12.7. The van der Waals surface area contributed by atoms with Crippen molar-refractivity contribution in [3.8, 4) is 0 Å². The molecule has 0 fully saturated rings. The van der Waals surface area contributed by atoms with Crippen LogP contribution >= 0.6 is 0 Å². The summed E-state index contributed by atoms with van der Waals surface area (Å²) in [4.78, 5) is 18.4. The number of rotatable bonds is 2. The summed E-state index contributed by atoms with van der Waals surface area (Å²) in [5.74, 6) is 0.292. The molecule has 0 aliphatic heterocycles. The summed E-state index contributed by atoms with van der Waals surface area (Å²) in [6.45, 7) is 0.141. The van der Waals surface area contributed by atoms with Crippen LogP contribution in [-0.2, 0) is 0 Å². The maximum Gasteiger partial charge on any atom is 0.261 e. The minimum atomic E-state index is -0.225. The van der Waals surface area contributed by atoms with E-state index < -0.39 is 0 Å². The Hall–Kier alpha value is -2.08. The highest BCUT2D eigenvalue weighted by molar-refractivity contribution is 5.76. The number of allylic oxidation sites excluding steroid dienone is 1. The highest BCUT2D eigenvalue weighted by atomic mass is 16.3. The first-order chi connectivity index (χ1) is 8.69. The highest BCUT2D eigenvalue weighted by Crippen LogP contribution is 2.29. The van der Waals surface area contributed by atoms with Crippen LogP contribution in [0.5, 0.6) is 0 Å². The summed E-state index contributed by atoms with van der Waals surface area (Å²) >= 11 is 0. The number of hydrogen-bond acceptors (Lipinski definition) is 4. The lowest BCUT2D eigenvalue weighted by atomic mass is 10.1. The molecule has 0 saturated heterocycles. The van der Waals surface area contributed by atoms with Crippen molar-refractivity contribution in [2.24, 2.45) is 5.92 Å². The maximum absolute atomic E-state index is 11.7. The molecule has 4 N–H and O–H groups in total. The lowest BCUT2D eigenvalue weighted by Crippen LogP contribution is -2.13. The fraction of sp³-hybridized carbons (Fsp3) is 0.333. The molecule has 0 spiro atoms. The van der Waals surface area contributed by atoms with Crippen LogP contribution in [0.2, 0.25) is 0 Å². The van der Waals surface area contributed by atoms with Gasteiger partial charge in [0.15, 0.2) is 0 Å². The van der Waals surface area contributed by atoms with E-state index in [0.29, 0.717) is 11.0 Å². The summed E-state index contributed by atoms with van der Waals surface area (Å²) in [7, 11) is 0. The number of anilines is 1. The van der Waals surface area contributed by atoms with E-state index in [2.05, 4.69) is 9.97 Å². The van der Waals surface area contributed by atoms with E-state index >= 15 is 0 Å². The van der Waals surface area contributed by atoms with Crippen molar-refractivity contribution in [2.45, 2.75) is 12.5 Å². The average molecular weight is 246 g/mol. The number of nitrogens with two attached hydrogens (primary N) is 1. The molecule has 0 aromatic carbocycles. The molecule has 0 radical (unpaired) electrons. The Morgan fingerprint density at radius 3 is 3.11 bits per heavy atom. The standard InChI is InChI=1S/C12H14N4O2/c13-12-14-10-9(11(18)15-12)3-4-16(10)8-2-1-7(5-8)6-17/h1-4,7-8,17H,5-6H2,(H3,13,14,15,18). The molecule has 18 heavy (non-hydrogen) atoms. The van der Waals surface area contributed by atoms with Crippen LogP contribution in [0.3, 0.4) is 0 Å². The molecule has 2 aromatic rings. The van der Waals surface area contributed by atoms with Gasteiger partial charge in [-0.25, -0.2) is 0 Å². The Kier molecular flexibility index (Phi) is 2.45. The number of aliphatic hydroxyl groups excluding tert-OH is 1. The van der Waals surface area contributed by atoms with Gasteiger partial charge in [-0.15, -0.1) is 0 Å². The molecular formula is C12H14N4O2. The molecule has 6 nitrogen and oxygen atoms in total.